The molecule has 11 atom stereocenters. The zero-order chi connectivity index (χ0) is 24.2. The Hall–Kier alpha value is -0.380. The van der Waals surface area contributed by atoms with Crippen LogP contribution in [0.25, 0.3) is 0 Å². The van der Waals surface area contributed by atoms with E-state index < -0.39 is 6.10 Å². The van der Waals surface area contributed by atoms with Crippen molar-refractivity contribution in [2.45, 2.75) is 112 Å². The molecule has 0 radical (unpaired) electrons. The Kier molecular flexibility index (Phi) is 5.40. The molecule has 0 saturated heterocycles. The van der Waals surface area contributed by atoms with E-state index in [1.54, 1.807) is 0 Å². The van der Waals surface area contributed by atoms with Gasteiger partial charge in [-0.15, -0.1) is 0 Å². The van der Waals surface area contributed by atoms with Crippen molar-refractivity contribution in [1.82, 2.24) is 0 Å². The van der Waals surface area contributed by atoms with Crippen molar-refractivity contribution in [2.75, 3.05) is 6.61 Å². The van der Waals surface area contributed by atoms with E-state index in [0.29, 0.717) is 29.6 Å². The van der Waals surface area contributed by atoms with Crippen LogP contribution in [0.1, 0.15) is 99.3 Å². The molecule has 0 aromatic rings. The Bertz CT molecular complexity index is 819. The Balaban J connectivity index is 1.58. The third-order valence-corrected chi connectivity index (χ3v) is 13.7. The lowest BCUT2D eigenvalue weighted by Crippen LogP contribution is -2.70. The average molecular weight is 459 g/mol. The molecule has 5 rings (SSSR count). The number of hydrogen-bond acceptors (Lipinski definition) is 3. The predicted molar refractivity (Wildman–Crippen MR) is 133 cm³/mol. The zero-order valence-electron chi connectivity index (χ0n) is 22.2. The van der Waals surface area contributed by atoms with Gasteiger partial charge in [0.2, 0.25) is 0 Å². The summed E-state index contributed by atoms with van der Waals surface area (Å²) in [5.41, 5.74) is 1.44. The first kappa shape index (κ1) is 24.3. The van der Waals surface area contributed by atoms with Crippen LogP contribution in [0.3, 0.4) is 0 Å². The first-order valence-electron chi connectivity index (χ1n) is 13.9. The maximum atomic E-state index is 11.8. The number of hydrogen-bond donors (Lipinski definition) is 3. The van der Waals surface area contributed by atoms with E-state index in [0.717, 1.165) is 32.1 Å². The van der Waals surface area contributed by atoms with Crippen LogP contribution in [-0.2, 0) is 0 Å². The SMILES string of the molecule is C=C1CC[C@@]2(CO)[C@H]([C@@H]1C)[C@H]1CC[C@@H]3[C@@]4(C)CC[C@H](O)C(C)(C)[C@@H]4CC[C@@]3(C)[C@]1(C)C[C@@H]2O. The summed E-state index contributed by atoms with van der Waals surface area (Å²) in [7, 11) is 0. The lowest BCUT2D eigenvalue weighted by molar-refractivity contribution is -0.276. The van der Waals surface area contributed by atoms with E-state index >= 15 is 0 Å². The minimum absolute atomic E-state index is 0.0279. The van der Waals surface area contributed by atoms with E-state index in [4.69, 9.17) is 0 Å². The maximum absolute atomic E-state index is 11.8. The minimum atomic E-state index is -0.435. The van der Waals surface area contributed by atoms with Crippen molar-refractivity contribution < 1.29 is 15.3 Å². The summed E-state index contributed by atoms with van der Waals surface area (Å²) in [5.74, 6) is 2.41. The van der Waals surface area contributed by atoms with Crippen molar-refractivity contribution in [3.8, 4) is 0 Å². The maximum Gasteiger partial charge on any atom is 0.0627 e. The molecule has 33 heavy (non-hydrogen) atoms. The Morgan fingerprint density at radius 2 is 1.55 bits per heavy atom. The number of allylic oxidation sites excluding steroid dienone is 1. The van der Waals surface area contributed by atoms with Gasteiger partial charge in [-0.1, -0.05) is 53.7 Å². The van der Waals surface area contributed by atoms with Gasteiger partial charge in [0.05, 0.1) is 18.8 Å². The largest absolute Gasteiger partial charge is 0.396 e. The summed E-state index contributed by atoms with van der Waals surface area (Å²) in [6.07, 6.45) is 8.91. The summed E-state index contributed by atoms with van der Waals surface area (Å²) in [4.78, 5) is 0. The molecular weight excluding hydrogens is 408 g/mol. The summed E-state index contributed by atoms with van der Waals surface area (Å²) in [6.45, 7) is 19.1. The number of aliphatic hydroxyl groups is 3. The molecule has 0 spiro atoms. The standard InChI is InChI=1S/C30H50O3/c1-18-10-15-30(17-31)24(33)16-29(7)20(25(30)19(18)2)8-9-22-27(5)13-12-23(32)26(3,4)21(27)11-14-28(22,29)6/h19-25,31-33H,1,8-17H2,2-7H3/t19-,20-,21+,22-,23+,24+,25-,27+,28-,29-,30+/m1/s1. The van der Waals surface area contributed by atoms with Gasteiger partial charge in [-0.25, -0.2) is 0 Å². The first-order chi connectivity index (χ1) is 15.3. The second kappa shape index (κ2) is 7.32. The Morgan fingerprint density at radius 3 is 2.21 bits per heavy atom. The molecule has 188 valence electrons. The van der Waals surface area contributed by atoms with Crippen LogP contribution in [-0.4, -0.2) is 34.1 Å². The highest BCUT2D eigenvalue weighted by atomic mass is 16.3. The quantitative estimate of drug-likeness (QED) is 0.424. The van der Waals surface area contributed by atoms with Crippen molar-refractivity contribution in [3.05, 3.63) is 12.2 Å². The van der Waals surface area contributed by atoms with Gasteiger partial charge in [-0.2, -0.15) is 0 Å². The number of aliphatic hydroxyl groups excluding tert-OH is 3. The molecule has 5 fully saturated rings. The average Bonchev–Trinajstić information content (AvgIpc) is 2.74. The zero-order valence-corrected chi connectivity index (χ0v) is 22.2. The molecule has 0 bridgehead atoms. The summed E-state index contributed by atoms with van der Waals surface area (Å²) in [6, 6.07) is 0. The van der Waals surface area contributed by atoms with Gasteiger partial charge in [0.25, 0.3) is 0 Å². The van der Waals surface area contributed by atoms with Gasteiger partial charge in [-0.3, -0.25) is 0 Å². The van der Waals surface area contributed by atoms with Crippen LogP contribution >= 0.6 is 0 Å². The van der Waals surface area contributed by atoms with Crippen LogP contribution in [0.2, 0.25) is 0 Å². The van der Waals surface area contributed by atoms with Gasteiger partial charge in [0.15, 0.2) is 0 Å². The molecule has 0 heterocycles. The van der Waals surface area contributed by atoms with Crippen molar-refractivity contribution in [2.24, 2.45) is 56.7 Å². The van der Waals surface area contributed by atoms with Crippen molar-refractivity contribution in [3.63, 3.8) is 0 Å². The molecule has 0 aromatic carbocycles. The van der Waals surface area contributed by atoms with Crippen LogP contribution in [0.5, 0.6) is 0 Å². The second-order valence-electron chi connectivity index (χ2n) is 14.6. The van der Waals surface area contributed by atoms with Gasteiger partial charge in [0.1, 0.15) is 0 Å². The third-order valence-electron chi connectivity index (χ3n) is 13.7. The van der Waals surface area contributed by atoms with E-state index in [9.17, 15) is 15.3 Å². The van der Waals surface area contributed by atoms with Crippen LogP contribution in [0, 0.1) is 56.7 Å². The van der Waals surface area contributed by atoms with Crippen LogP contribution in [0.15, 0.2) is 12.2 Å². The fourth-order valence-electron chi connectivity index (χ4n) is 11.5. The van der Waals surface area contributed by atoms with E-state index in [2.05, 4.69) is 48.1 Å². The molecule has 0 amide bonds. The number of rotatable bonds is 1. The number of fused-ring (bicyclic) bond motifs is 7. The van der Waals surface area contributed by atoms with Gasteiger partial charge in [-0.05, 0) is 109 Å². The highest BCUT2D eigenvalue weighted by Gasteiger charge is 2.71. The molecule has 3 nitrogen and oxygen atoms in total. The van der Waals surface area contributed by atoms with E-state index in [-0.39, 0.29) is 39.8 Å². The molecule has 3 N–H and O–H groups in total. The second-order valence-corrected chi connectivity index (χ2v) is 14.6. The fraction of sp³-hybridized carbons (Fsp3) is 0.933. The molecule has 5 aliphatic rings. The van der Waals surface area contributed by atoms with Gasteiger partial charge < -0.3 is 15.3 Å². The highest BCUT2D eigenvalue weighted by molar-refractivity contribution is 5.23. The van der Waals surface area contributed by atoms with Crippen molar-refractivity contribution in [1.29, 1.82) is 0 Å². The van der Waals surface area contributed by atoms with E-state index in [1.165, 1.54) is 31.3 Å². The third kappa shape index (κ3) is 2.80. The topological polar surface area (TPSA) is 60.7 Å². The molecular formula is C30H50O3. The first-order valence-corrected chi connectivity index (χ1v) is 13.9. The smallest absolute Gasteiger partial charge is 0.0627 e. The Labute approximate surface area is 202 Å². The summed E-state index contributed by atoms with van der Waals surface area (Å²) < 4.78 is 0. The highest BCUT2D eigenvalue weighted by Crippen LogP contribution is 2.76. The molecule has 0 aromatic heterocycles. The van der Waals surface area contributed by atoms with Crippen LogP contribution in [0.4, 0.5) is 0 Å². The minimum Gasteiger partial charge on any atom is -0.396 e. The predicted octanol–water partition coefficient (Wildman–Crippen LogP) is 5.97. The van der Waals surface area contributed by atoms with Crippen LogP contribution < -0.4 is 0 Å². The summed E-state index contributed by atoms with van der Waals surface area (Å²) in [5, 5.41) is 33.3. The molecule has 0 aliphatic heterocycles. The monoisotopic (exact) mass is 458 g/mol. The fourth-order valence-corrected chi connectivity index (χ4v) is 11.5. The van der Waals surface area contributed by atoms with Crippen molar-refractivity contribution >= 4 is 0 Å². The lowest BCUT2D eigenvalue weighted by atomic mass is 9.31. The molecule has 0 unspecified atom stereocenters. The molecule has 3 heteroatoms. The van der Waals surface area contributed by atoms with Gasteiger partial charge >= 0.3 is 0 Å². The normalized spacial score (nSPS) is 58.0. The lowest BCUT2D eigenvalue weighted by Gasteiger charge is -2.74. The Morgan fingerprint density at radius 1 is 0.848 bits per heavy atom. The summed E-state index contributed by atoms with van der Waals surface area (Å²) >= 11 is 0. The molecule has 5 saturated carbocycles. The van der Waals surface area contributed by atoms with Gasteiger partial charge in [0, 0.05) is 5.41 Å². The van der Waals surface area contributed by atoms with E-state index in [1.807, 2.05) is 0 Å². The molecule has 5 aliphatic carbocycles.